The monoisotopic (exact) mass is 715 g/mol. The van der Waals surface area contributed by atoms with Gasteiger partial charge in [0.25, 0.3) is 0 Å². The quantitative estimate of drug-likeness (QED) is 0.0888. The molecule has 0 radical (unpaired) electrons. The van der Waals surface area contributed by atoms with E-state index in [0.717, 1.165) is 22.3 Å². The summed E-state index contributed by atoms with van der Waals surface area (Å²) >= 11 is 0. The van der Waals surface area contributed by atoms with E-state index in [4.69, 9.17) is 0 Å². The van der Waals surface area contributed by atoms with Gasteiger partial charge in [-0.05, 0) is 86.6 Å². The van der Waals surface area contributed by atoms with Crippen molar-refractivity contribution in [2.75, 3.05) is 19.6 Å². The summed E-state index contributed by atoms with van der Waals surface area (Å²) in [5.41, 5.74) is 8.61. The molecule has 282 valence electrons. The lowest BCUT2D eigenvalue weighted by Gasteiger charge is -2.38. The van der Waals surface area contributed by atoms with Crippen molar-refractivity contribution < 1.29 is 20.4 Å². The number of phenolic OH excluding ortho intramolecular Hbond substituents is 3. The zero-order chi connectivity index (χ0) is 38.4. The molecule has 0 aliphatic carbocycles. The van der Waals surface area contributed by atoms with Crippen molar-refractivity contribution in [3.8, 4) is 23.0 Å². The van der Waals surface area contributed by atoms with Crippen LogP contribution in [0.3, 0.4) is 0 Å². The van der Waals surface area contributed by atoms with Crippen LogP contribution in [0.4, 0.5) is 5.69 Å². The molecule has 53 heavy (non-hydrogen) atoms. The molecule has 0 heterocycles. The van der Waals surface area contributed by atoms with Crippen molar-refractivity contribution in [3.63, 3.8) is 0 Å². The van der Waals surface area contributed by atoms with Gasteiger partial charge in [-0.25, -0.2) is 0 Å². The van der Waals surface area contributed by atoms with Gasteiger partial charge in [0.05, 0.1) is 19.6 Å². The predicted molar refractivity (Wildman–Crippen MR) is 220 cm³/mol. The molecule has 0 saturated heterocycles. The second-order valence-electron chi connectivity index (χ2n) is 14.8. The van der Waals surface area contributed by atoms with Crippen LogP contribution < -0.4 is 9.59 Å². The highest BCUT2D eigenvalue weighted by Crippen LogP contribution is 2.34. The minimum absolute atomic E-state index is 0.0813. The minimum atomic E-state index is -0.0813. The van der Waals surface area contributed by atoms with Gasteiger partial charge in [0, 0.05) is 19.3 Å². The molecule has 0 fully saturated rings. The highest BCUT2D eigenvalue weighted by Gasteiger charge is 2.28. The highest BCUT2D eigenvalue weighted by molar-refractivity contribution is 5.52. The first-order valence-electron chi connectivity index (χ1n) is 19.6. The summed E-state index contributed by atoms with van der Waals surface area (Å²) in [6.07, 6.45) is 8.93. The Labute approximate surface area is 318 Å². The molecule has 0 aromatic heterocycles. The maximum Gasteiger partial charge on any atom is 0.132 e. The number of hydrogen-bond donors (Lipinski definition) is 3. The summed E-state index contributed by atoms with van der Waals surface area (Å²) in [5, 5.41) is 44.7. The fraction of sp³-hybridized carbons (Fsp3) is 0.375. The SMILES string of the molecule is CCCC[N+](CCCC)(CCCC)c1ccccc1.Cc1ccc(O)c(Cc2cccc(Cc3cc(C)cc(Cc4cc(C)ccc4O)c3O)c2[O-])c1. The summed E-state index contributed by atoms with van der Waals surface area (Å²) in [7, 11) is 0. The Morgan fingerprint density at radius 2 is 0.887 bits per heavy atom. The molecule has 5 nitrogen and oxygen atoms in total. The fourth-order valence-electron chi connectivity index (χ4n) is 7.30. The Balaban J connectivity index is 0.000000281. The topological polar surface area (TPSA) is 83.8 Å². The number of aryl methyl sites for hydroxylation is 3. The Kier molecular flexibility index (Phi) is 15.4. The molecule has 5 aromatic rings. The number of unbranched alkanes of at least 4 members (excludes halogenated alkanes) is 3. The van der Waals surface area contributed by atoms with E-state index in [2.05, 4.69) is 51.1 Å². The van der Waals surface area contributed by atoms with E-state index in [9.17, 15) is 20.4 Å². The molecule has 5 aromatic carbocycles. The Morgan fingerprint density at radius 3 is 1.34 bits per heavy atom. The average molecular weight is 716 g/mol. The summed E-state index contributed by atoms with van der Waals surface area (Å²) < 4.78 is 1.20. The first-order chi connectivity index (χ1) is 25.5. The largest absolute Gasteiger partial charge is 0.872 e. The Morgan fingerprint density at radius 1 is 0.472 bits per heavy atom. The molecule has 0 aliphatic heterocycles. The molecule has 0 bridgehead atoms. The van der Waals surface area contributed by atoms with Crippen LogP contribution >= 0.6 is 0 Å². The third kappa shape index (κ3) is 11.4. The van der Waals surface area contributed by atoms with E-state index in [0.29, 0.717) is 47.1 Å². The van der Waals surface area contributed by atoms with Gasteiger partial charge < -0.3 is 20.4 Å². The molecule has 0 aliphatic rings. The summed E-state index contributed by atoms with van der Waals surface area (Å²) in [4.78, 5) is 0. The van der Waals surface area contributed by atoms with Crippen LogP contribution in [-0.4, -0.2) is 35.0 Å². The van der Waals surface area contributed by atoms with Crippen LogP contribution in [0, 0.1) is 20.8 Å². The van der Waals surface area contributed by atoms with Crippen molar-refractivity contribution in [1.29, 1.82) is 0 Å². The first-order valence-corrected chi connectivity index (χ1v) is 19.6. The Hall–Kier alpha value is -4.74. The number of hydrogen-bond acceptors (Lipinski definition) is 4. The lowest BCUT2D eigenvalue weighted by molar-refractivity contribution is -0.270. The van der Waals surface area contributed by atoms with Crippen LogP contribution in [0.2, 0.25) is 0 Å². The van der Waals surface area contributed by atoms with Crippen LogP contribution in [0.25, 0.3) is 0 Å². The number of phenols is 3. The molecule has 5 heteroatoms. The van der Waals surface area contributed by atoms with E-state index in [1.165, 1.54) is 68.3 Å². The Bertz CT molecular complexity index is 1880. The summed E-state index contributed by atoms with van der Waals surface area (Å²) in [5.74, 6) is 0.438. The fourth-order valence-corrected chi connectivity index (χ4v) is 7.30. The third-order valence-corrected chi connectivity index (χ3v) is 10.3. The third-order valence-electron chi connectivity index (χ3n) is 10.3. The van der Waals surface area contributed by atoms with Crippen LogP contribution in [0.5, 0.6) is 23.0 Å². The zero-order valence-corrected chi connectivity index (χ0v) is 32.9. The smallest absolute Gasteiger partial charge is 0.132 e. The first kappa shape index (κ1) is 41.0. The van der Waals surface area contributed by atoms with Gasteiger partial charge >= 0.3 is 0 Å². The van der Waals surface area contributed by atoms with Crippen molar-refractivity contribution in [1.82, 2.24) is 4.48 Å². The zero-order valence-electron chi connectivity index (χ0n) is 32.9. The maximum absolute atomic E-state index is 13.2. The lowest BCUT2D eigenvalue weighted by Crippen LogP contribution is -2.51. The van der Waals surface area contributed by atoms with E-state index >= 15 is 0 Å². The van der Waals surface area contributed by atoms with Crippen molar-refractivity contribution in [2.45, 2.75) is 99.3 Å². The lowest BCUT2D eigenvalue weighted by atomic mass is 9.93. The molecule has 5 rings (SSSR count). The highest BCUT2D eigenvalue weighted by atomic mass is 16.3. The minimum Gasteiger partial charge on any atom is -0.872 e. The average Bonchev–Trinajstić information content (AvgIpc) is 3.15. The normalized spacial score (nSPS) is 11.3. The number of para-hydroxylation sites is 2. The second-order valence-corrected chi connectivity index (χ2v) is 14.8. The van der Waals surface area contributed by atoms with Gasteiger partial charge in [0.2, 0.25) is 0 Å². The van der Waals surface area contributed by atoms with Crippen molar-refractivity contribution in [2.24, 2.45) is 0 Å². The number of nitrogens with zero attached hydrogens (tertiary/aromatic N) is 1. The van der Waals surface area contributed by atoms with Crippen LogP contribution in [0.15, 0.2) is 97.1 Å². The van der Waals surface area contributed by atoms with Gasteiger partial charge in [-0.15, -0.1) is 5.75 Å². The maximum atomic E-state index is 13.2. The van der Waals surface area contributed by atoms with E-state index in [1.807, 2.05) is 63.2 Å². The van der Waals surface area contributed by atoms with Crippen LogP contribution in [0.1, 0.15) is 109 Å². The molecule has 0 unspecified atom stereocenters. The molecule has 0 saturated carbocycles. The molecule has 3 N–H and O–H groups in total. The van der Waals surface area contributed by atoms with Gasteiger partial charge in [0.15, 0.2) is 0 Å². The standard InChI is InChI=1S/C30H30O4.C18H32N/c1-18-7-9-27(31)23(11-18)15-21-5-4-6-22(29(21)33)16-25-13-20(3)14-26(30(25)34)17-24-12-19(2)8-10-28(24)32;1-4-7-15-19(16-8-5-2,17-9-6-3)18-13-11-10-12-14-18/h4-14,31-34H,15-17H2,1-3H3;10-14H,4-9,15-17H2,1-3H3/q;+1/p-1. The van der Waals surface area contributed by atoms with E-state index < -0.39 is 0 Å². The molecule has 0 atom stereocenters. The molecule has 0 amide bonds. The molecule has 0 spiro atoms. The van der Waals surface area contributed by atoms with Crippen molar-refractivity contribution >= 4 is 5.69 Å². The molecular weight excluding hydrogens is 655 g/mol. The summed E-state index contributed by atoms with van der Waals surface area (Å²) in [6, 6.07) is 31.2. The predicted octanol–water partition coefficient (Wildman–Crippen LogP) is 11.0. The van der Waals surface area contributed by atoms with E-state index in [1.54, 1.807) is 24.3 Å². The number of rotatable bonds is 16. The number of quaternary nitrogens is 1. The van der Waals surface area contributed by atoms with Gasteiger partial charge in [-0.2, -0.15) is 0 Å². The number of aromatic hydroxyl groups is 3. The van der Waals surface area contributed by atoms with Crippen molar-refractivity contribution in [3.05, 3.63) is 147 Å². The molecular formula is C48H61NO4. The number of benzene rings is 5. The van der Waals surface area contributed by atoms with Gasteiger partial charge in [-0.3, -0.25) is 4.48 Å². The second kappa shape index (κ2) is 19.9. The van der Waals surface area contributed by atoms with Gasteiger partial charge in [-0.1, -0.05) is 141 Å². The summed E-state index contributed by atoms with van der Waals surface area (Å²) in [6.45, 7) is 16.7. The van der Waals surface area contributed by atoms with Gasteiger partial charge in [0.1, 0.15) is 22.9 Å². The van der Waals surface area contributed by atoms with Crippen LogP contribution in [-0.2, 0) is 19.3 Å². The van der Waals surface area contributed by atoms with E-state index in [-0.39, 0.29) is 23.0 Å².